The number of likely N-dealkylation sites (tertiary alicyclic amines) is 1. The number of rotatable bonds is 6. The smallest absolute Gasteiger partial charge is 0.269 e. The van der Waals surface area contributed by atoms with Crippen molar-refractivity contribution in [2.24, 2.45) is 0 Å². The maximum atomic E-state index is 13.8. The van der Waals surface area contributed by atoms with Gasteiger partial charge in [0.15, 0.2) is 5.65 Å². The molecule has 3 aromatic heterocycles. The van der Waals surface area contributed by atoms with E-state index in [4.69, 9.17) is 4.98 Å². The highest BCUT2D eigenvalue weighted by molar-refractivity contribution is 7.90. The number of pyridine rings is 1. The summed E-state index contributed by atoms with van der Waals surface area (Å²) in [6, 6.07) is 25.5. The minimum atomic E-state index is -3.87. The number of nitrogens with one attached hydrogen (secondary N) is 1. The van der Waals surface area contributed by atoms with E-state index in [0.29, 0.717) is 5.65 Å². The largest absolute Gasteiger partial charge is 0.393 e. The zero-order valence-corrected chi connectivity index (χ0v) is 24.2. The molecule has 0 unspecified atom stereocenters. The Balaban J connectivity index is 1.30. The van der Waals surface area contributed by atoms with Gasteiger partial charge in [-0.3, -0.25) is 4.90 Å². The van der Waals surface area contributed by atoms with Crippen molar-refractivity contribution >= 4 is 32.0 Å². The zero-order chi connectivity index (χ0) is 28.8. The number of aromatic nitrogens is 3. The second-order valence-electron chi connectivity index (χ2n) is 11.2. The topological polar surface area (TPSA) is 91.2 Å². The number of piperidine rings is 1. The lowest BCUT2D eigenvalue weighted by Gasteiger charge is -2.29. The fourth-order valence-electron chi connectivity index (χ4n) is 5.83. The lowest BCUT2D eigenvalue weighted by atomic mass is 10.0. The second-order valence-corrected chi connectivity index (χ2v) is 13.1. The van der Waals surface area contributed by atoms with Crippen molar-refractivity contribution in [1.29, 1.82) is 0 Å². The lowest BCUT2D eigenvalue weighted by Crippen LogP contribution is -2.35. The molecule has 42 heavy (non-hydrogen) atoms. The zero-order valence-electron chi connectivity index (χ0n) is 23.4. The molecule has 4 heterocycles. The molecule has 0 radical (unpaired) electrons. The molecular weight excluding hydrogens is 544 g/mol. The van der Waals surface area contributed by atoms with E-state index in [9.17, 15) is 13.5 Å². The Hall–Kier alpha value is -4.24. The highest BCUT2D eigenvalue weighted by Gasteiger charge is 2.24. The lowest BCUT2D eigenvalue weighted by molar-refractivity contribution is 0.0792. The minimum Gasteiger partial charge on any atom is -0.393 e. The molecule has 0 bridgehead atoms. The molecule has 1 aliphatic rings. The first-order valence-electron chi connectivity index (χ1n) is 14.3. The van der Waals surface area contributed by atoms with E-state index >= 15 is 0 Å². The number of benzene rings is 3. The summed E-state index contributed by atoms with van der Waals surface area (Å²) in [5.41, 5.74) is 7.30. The van der Waals surface area contributed by atoms with E-state index in [1.165, 1.54) is 9.54 Å². The Bertz CT molecular complexity index is 2000. The van der Waals surface area contributed by atoms with E-state index in [0.717, 1.165) is 76.6 Å². The van der Waals surface area contributed by atoms with Gasteiger partial charge in [0.2, 0.25) is 0 Å². The average Bonchev–Trinajstić information content (AvgIpc) is 3.63. The van der Waals surface area contributed by atoms with Crippen molar-refractivity contribution in [3.8, 4) is 22.3 Å². The van der Waals surface area contributed by atoms with Crippen LogP contribution in [0, 0.1) is 6.92 Å². The molecule has 0 aliphatic carbocycles. The maximum Gasteiger partial charge on any atom is 0.269 e. The number of aromatic amines is 1. The molecule has 0 saturated carbocycles. The molecule has 7 nitrogen and oxygen atoms in total. The molecule has 1 aliphatic heterocycles. The molecule has 1 saturated heterocycles. The van der Waals surface area contributed by atoms with Crippen molar-refractivity contribution in [3.05, 3.63) is 109 Å². The molecule has 7 rings (SSSR count). The molecule has 0 amide bonds. The van der Waals surface area contributed by atoms with E-state index in [2.05, 4.69) is 40.2 Å². The summed E-state index contributed by atoms with van der Waals surface area (Å²) in [6.45, 7) is 4.60. The second kappa shape index (κ2) is 10.5. The van der Waals surface area contributed by atoms with E-state index in [1.807, 2.05) is 49.5 Å². The number of fused-ring (bicyclic) bond motifs is 2. The Morgan fingerprint density at radius 3 is 2.40 bits per heavy atom. The summed E-state index contributed by atoms with van der Waals surface area (Å²) in [5, 5.41) is 11.6. The molecule has 212 valence electrons. The highest BCUT2D eigenvalue weighted by atomic mass is 32.2. The molecule has 0 spiro atoms. The predicted molar refractivity (Wildman–Crippen MR) is 167 cm³/mol. The molecule has 6 aromatic rings. The third-order valence-corrected chi connectivity index (χ3v) is 9.97. The summed E-state index contributed by atoms with van der Waals surface area (Å²) >= 11 is 0. The quantitative estimate of drug-likeness (QED) is 0.241. The molecule has 8 heteroatoms. The van der Waals surface area contributed by atoms with Gasteiger partial charge in [0, 0.05) is 60.3 Å². The first-order chi connectivity index (χ1) is 20.3. The number of hydrogen-bond donors (Lipinski definition) is 2. The highest BCUT2D eigenvalue weighted by Crippen LogP contribution is 2.36. The van der Waals surface area contributed by atoms with Gasteiger partial charge in [-0.25, -0.2) is 17.4 Å². The van der Waals surface area contributed by atoms with Gasteiger partial charge in [-0.05, 0) is 78.2 Å². The first kappa shape index (κ1) is 26.6. The molecule has 3 aromatic carbocycles. The maximum absolute atomic E-state index is 13.8. The number of aliphatic hydroxyl groups is 1. The van der Waals surface area contributed by atoms with Crippen LogP contribution in [0.25, 0.3) is 44.2 Å². The number of H-pyrrole nitrogens is 1. The van der Waals surface area contributed by atoms with Crippen LogP contribution in [0.15, 0.2) is 102 Å². The monoisotopic (exact) mass is 576 g/mol. The van der Waals surface area contributed by atoms with Gasteiger partial charge in [-0.2, -0.15) is 0 Å². The minimum absolute atomic E-state index is 0.178. The van der Waals surface area contributed by atoms with Crippen molar-refractivity contribution in [3.63, 3.8) is 0 Å². The SMILES string of the molecule is Cc1ccc(S(=O)(=O)n2cc(-c3ccc4[nH]ccc4c3)c3cc(-c4ccc(CN5CCC(O)CC5)cc4)cnc32)cc1. The van der Waals surface area contributed by atoms with Gasteiger partial charge in [0.1, 0.15) is 0 Å². The Morgan fingerprint density at radius 2 is 1.64 bits per heavy atom. The molecule has 1 fully saturated rings. The van der Waals surface area contributed by atoms with Gasteiger partial charge in [0.05, 0.1) is 11.0 Å². The van der Waals surface area contributed by atoms with Gasteiger partial charge < -0.3 is 10.1 Å². The van der Waals surface area contributed by atoms with Crippen LogP contribution in [0.1, 0.15) is 24.0 Å². The fraction of sp³-hybridized carbons (Fsp3) is 0.206. The van der Waals surface area contributed by atoms with Crippen molar-refractivity contribution in [2.45, 2.75) is 37.3 Å². The van der Waals surface area contributed by atoms with Crippen LogP contribution in [-0.4, -0.2) is 51.6 Å². The Morgan fingerprint density at radius 1 is 0.905 bits per heavy atom. The standard InChI is InChI=1S/C34H32N4O3S/c1-23-2-9-30(10-3-23)42(40,41)38-22-32(26-8-11-33-27(18-26)12-15-35-33)31-19-28(20-36-34(31)38)25-6-4-24(5-7-25)21-37-16-13-29(39)14-17-37/h2-12,15,18-20,22,29,35,39H,13-14,16-17,21H2,1H3. The molecule has 0 atom stereocenters. The summed E-state index contributed by atoms with van der Waals surface area (Å²) in [5.74, 6) is 0. The Kier molecular flexibility index (Phi) is 6.69. The van der Waals surface area contributed by atoms with Crippen LogP contribution in [0.4, 0.5) is 0 Å². The molecule has 2 N–H and O–H groups in total. The number of aryl methyl sites for hydroxylation is 1. The average molecular weight is 577 g/mol. The van der Waals surface area contributed by atoms with Crippen LogP contribution >= 0.6 is 0 Å². The number of hydrogen-bond acceptors (Lipinski definition) is 5. The van der Waals surface area contributed by atoms with Crippen LogP contribution in [0.2, 0.25) is 0 Å². The summed E-state index contributed by atoms with van der Waals surface area (Å²) in [4.78, 5) is 10.6. The van der Waals surface area contributed by atoms with Crippen LogP contribution < -0.4 is 0 Å². The van der Waals surface area contributed by atoms with Crippen molar-refractivity contribution in [2.75, 3.05) is 13.1 Å². The van der Waals surface area contributed by atoms with Gasteiger partial charge >= 0.3 is 0 Å². The van der Waals surface area contributed by atoms with Gasteiger partial charge in [0.25, 0.3) is 10.0 Å². The summed E-state index contributed by atoms with van der Waals surface area (Å²) < 4.78 is 29.0. The third kappa shape index (κ3) is 4.91. The van der Waals surface area contributed by atoms with Gasteiger partial charge in [-0.15, -0.1) is 0 Å². The van der Waals surface area contributed by atoms with Crippen LogP contribution in [0.5, 0.6) is 0 Å². The summed E-state index contributed by atoms with van der Waals surface area (Å²) in [6.07, 6.45) is 6.82. The normalized spacial score (nSPS) is 15.1. The third-order valence-electron chi connectivity index (χ3n) is 8.30. The first-order valence-corrected chi connectivity index (χ1v) is 15.7. The summed E-state index contributed by atoms with van der Waals surface area (Å²) in [7, 11) is -3.87. The van der Waals surface area contributed by atoms with Gasteiger partial charge in [-0.1, -0.05) is 48.0 Å². The van der Waals surface area contributed by atoms with E-state index < -0.39 is 10.0 Å². The molecular formula is C34H32N4O3S. The van der Waals surface area contributed by atoms with Crippen LogP contribution in [-0.2, 0) is 16.6 Å². The van der Waals surface area contributed by atoms with Crippen molar-refractivity contribution in [1.82, 2.24) is 18.8 Å². The predicted octanol–water partition coefficient (Wildman–Crippen LogP) is 6.35. The van der Waals surface area contributed by atoms with Crippen molar-refractivity contribution < 1.29 is 13.5 Å². The fourth-order valence-corrected chi connectivity index (χ4v) is 7.16. The Labute approximate surface area is 245 Å². The number of nitrogens with zero attached hydrogens (tertiary/aromatic N) is 3. The number of aliphatic hydroxyl groups excluding tert-OH is 1. The van der Waals surface area contributed by atoms with E-state index in [-0.39, 0.29) is 11.0 Å². The van der Waals surface area contributed by atoms with E-state index in [1.54, 1.807) is 24.5 Å². The van der Waals surface area contributed by atoms with Crippen LogP contribution in [0.3, 0.4) is 0 Å².